The Morgan fingerprint density at radius 2 is 1.83 bits per heavy atom. The molecular weight excluding hydrogens is 316 g/mol. The highest BCUT2D eigenvalue weighted by molar-refractivity contribution is 7.80. The molecule has 2 rings (SSSR count). The van der Waals surface area contributed by atoms with Gasteiger partial charge in [0.05, 0.1) is 4.92 Å². The number of hydrazine groups is 1. The summed E-state index contributed by atoms with van der Waals surface area (Å²) in [5.41, 5.74) is 6.46. The highest BCUT2D eigenvalue weighted by Crippen LogP contribution is 2.18. The van der Waals surface area contributed by atoms with E-state index in [0.29, 0.717) is 11.1 Å². The summed E-state index contributed by atoms with van der Waals surface area (Å²) in [5, 5.41) is 13.9. The fraction of sp³-hybridized carbons (Fsp3) is 0.0667. The van der Waals surface area contributed by atoms with E-state index in [1.54, 1.807) is 6.92 Å². The number of nitro benzene ring substituents is 1. The summed E-state index contributed by atoms with van der Waals surface area (Å²) in [6, 6.07) is 13.4. The zero-order valence-corrected chi connectivity index (χ0v) is 13.0. The van der Waals surface area contributed by atoms with Crippen LogP contribution in [-0.4, -0.2) is 15.9 Å². The van der Waals surface area contributed by atoms with Crippen molar-refractivity contribution >= 4 is 34.6 Å². The van der Waals surface area contributed by atoms with Crippen molar-refractivity contribution in [1.82, 2.24) is 10.9 Å². The van der Waals surface area contributed by atoms with Gasteiger partial charge in [-0.05, 0) is 43.4 Å². The van der Waals surface area contributed by atoms with E-state index in [1.165, 1.54) is 18.2 Å². The maximum absolute atomic E-state index is 12.0. The molecule has 118 valence electrons. The molecule has 3 N–H and O–H groups in total. The number of hydrogen-bond donors (Lipinski definition) is 3. The Kier molecular flexibility index (Phi) is 5.21. The number of nitrogens with one attached hydrogen (secondary N) is 3. The SMILES string of the molecule is Cc1cc(C(=O)NNC(=S)Nc2ccccc2)ccc1[N+](=O)[O-]. The molecule has 0 atom stereocenters. The predicted octanol–water partition coefficient (Wildman–Crippen LogP) is 2.53. The molecule has 2 aromatic carbocycles. The molecule has 0 saturated carbocycles. The van der Waals surface area contributed by atoms with Crippen LogP contribution in [0.2, 0.25) is 0 Å². The second-order valence-corrected chi connectivity index (χ2v) is 5.07. The van der Waals surface area contributed by atoms with E-state index in [4.69, 9.17) is 12.2 Å². The van der Waals surface area contributed by atoms with Crippen molar-refractivity contribution in [2.24, 2.45) is 0 Å². The van der Waals surface area contributed by atoms with Gasteiger partial charge in [-0.15, -0.1) is 0 Å². The Labute approximate surface area is 137 Å². The van der Waals surface area contributed by atoms with E-state index in [-0.39, 0.29) is 10.8 Å². The highest BCUT2D eigenvalue weighted by Gasteiger charge is 2.13. The van der Waals surface area contributed by atoms with Gasteiger partial charge in [0, 0.05) is 22.9 Å². The van der Waals surface area contributed by atoms with Crippen LogP contribution in [0.1, 0.15) is 15.9 Å². The van der Waals surface area contributed by atoms with Crippen molar-refractivity contribution in [2.45, 2.75) is 6.92 Å². The van der Waals surface area contributed by atoms with Gasteiger partial charge in [0.2, 0.25) is 0 Å². The molecule has 0 saturated heterocycles. The maximum Gasteiger partial charge on any atom is 0.272 e. The average molecular weight is 330 g/mol. The minimum absolute atomic E-state index is 0.0317. The van der Waals surface area contributed by atoms with E-state index in [0.717, 1.165) is 5.69 Å². The minimum Gasteiger partial charge on any atom is -0.331 e. The number of rotatable bonds is 3. The van der Waals surface area contributed by atoms with Crippen LogP contribution in [0.4, 0.5) is 11.4 Å². The van der Waals surface area contributed by atoms with Gasteiger partial charge in [0.25, 0.3) is 11.6 Å². The van der Waals surface area contributed by atoms with Crippen LogP contribution in [0.15, 0.2) is 48.5 Å². The molecule has 0 unspecified atom stereocenters. The number of amides is 1. The second kappa shape index (κ2) is 7.32. The molecule has 0 aliphatic carbocycles. The van der Waals surface area contributed by atoms with Crippen LogP contribution >= 0.6 is 12.2 Å². The number of hydrogen-bond acceptors (Lipinski definition) is 4. The summed E-state index contributed by atoms with van der Waals surface area (Å²) in [5.74, 6) is -0.444. The molecule has 0 bridgehead atoms. The van der Waals surface area contributed by atoms with Gasteiger partial charge < -0.3 is 5.32 Å². The molecule has 0 aromatic heterocycles. The van der Waals surface area contributed by atoms with Crippen molar-refractivity contribution in [2.75, 3.05) is 5.32 Å². The molecule has 1 amide bonds. The smallest absolute Gasteiger partial charge is 0.272 e. The van der Waals surface area contributed by atoms with Crippen molar-refractivity contribution in [3.8, 4) is 0 Å². The van der Waals surface area contributed by atoms with Crippen molar-refractivity contribution < 1.29 is 9.72 Å². The van der Waals surface area contributed by atoms with Gasteiger partial charge in [-0.2, -0.15) is 0 Å². The monoisotopic (exact) mass is 330 g/mol. The zero-order valence-electron chi connectivity index (χ0n) is 12.2. The van der Waals surface area contributed by atoms with E-state index >= 15 is 0 Å². The van der Waals surface area contributed by atoms with E-state index in [9.17, 15) is 14.9 Å². The zero-order chi connectivity index (χ0) is 16.8. The van der Waals surface area contributed by atoms with Gasteiger partial charge >= 0.3 is 0 Å². The first-order valence-corrected chi connectivity index (χ1v) is 7.05. The lowest BCUT2D eigenvalue weighted by Gasteiger charge is -2.11. The molecule has 0 radical (unpaired) electrons. The summed E-state index contributed by atoms with van der Waals surface area (Å²) in [6.45, 7) is 1.57. The molecule has 0 aliphatic heterocycles. The van der Waals surface area contributed by atoms with Gasteiger partial charge in [-0.25, -0.2) is 0 Å². The highest BCUT2D eigenvalue weighted by atomic mass is 32.1. The van der Waals surface area contributed by atoms with Crippen molar-refractivity contribution in [3.05, 3.63) is 69.8 Å². The first-order chi connectivity index (χ1) is 11.0. The topological polar surface area (TPSA) is 96.3 Å². The first kappa shape index (κ1) is 16.4. The third-order valence-electron chi connectivity index (χ3n) is 2.98. The van der Waals surface area contributed by atoms with E-state index in [2.05, 4.69) is 16.2 Å². The van der Waals surface area contributed by atoms with Crippen LogP contribution in [0, 0.1) is 17.0 Å². The molecule has 7 nitrogen and oxygen atoms in total. The fourth-order valence-electron chi connectivity index (χ4n) is 1.87. The fourth-order valence-corrected chi connectivity index (χ4v) is 2.04. The summed E-state index contributed by atoms with van der Waals surface area (Å²) < 4.78 is 0. The number of nitrogens with zero attached hydrogens (tertiary/aromatic N) is 1. The normalized spacial score (nSPS) is 9.78. The van der Waals surface area contributed by atoms with Crippen LogP contribution in [0.25, 0.3) is 0 Å². The Morgan fingerprint density at radius 1 is 1.13 bits per heavy atom. The quantitative estimate of drug-likeness (QED) is 0.455. The average Bonchev–Trinajstić information content (AvgIpc) is 2.53. The predicted molar refractivity (Wildman–Crippen MR) is 91.1 cm³/mol. The van der Waals surface area contributed by atoms with E-state index in [1.807, 2.05) is 30.3 Å². The third kappa shape index (κ3) is 4.48. The summed E-state index contributed by atoms with van der Waals surface area (Å²) in [4.78, 5) is 22.3. The van der Waals surface area contributed by atoms with Crippen LogP contribution in [0.5, 0.6) is 0 Å². The number of aryl methyl sites for hydroxylation is 1. The summed E-state index contributed by atoms with van der Waals surface area (Å²) in [7, 11) is 0. The number of thiocarbonyl (C=S) groups is 1. The molecular formula is C15H14N4O3S. The molecule has 0 aliphatic rings. The summed E-state index contributed by atoms with van der Waals surface area (Å²) in [6.07, 6.45) is 0. The molecule has 0 fully saturated rings. The van der Waals surface area contributed by atoms with E-state index < -0.39 is 10.8 Å². The Balaban J connectivity index is 1.93. The molecule has 8 heteroatoms. The maximum atomic E-state index is 12.0. The Morgan fingerprint density at radius 3 is 2.43 bits per heavy atom. The van der Waals surface area contributed by atoms with Gasteiger partial charge in [-0.1, -0.05) is 18.2 Å². The summed E-state index contributed by atoms with van der Waals surface area (Å²) >= 11 is 5.06. The number of carbonyl (C=O) groups is 1. The number of anilines is 1. The number of carbonyl (C=O) groups excluding carboxylic acids is 1. The molecule has 0 spiro atoms. The Bertz CT molecular complexity index is 750. The standard InChI is InChI=1S/C15H14N4O3S/c1-10-9-11(7-8-13(10)19(21)22)14(20)17-18-15(23)16-12-5-3-2-4-6-12/h2-9H,1H3,(H,17,20)(H2,16,18,23). The van der Waals surface area contributed by atoms with Crippen molar-refractivity contribution in [3.63, 3.8) is 0 Å². The number of para-hydroxylation sites is 1. The van der Waals surface area contributed by atoms with Crippen LogP contribution < -0.4 is 16.2 Å². The number of benzene rings is 2. The second-order valence-electron chi connectivity index (χ2n) is 4.66. The van der Waals surface area contributed by atoms with Crippen molar-refractivity contribution in [1.29, 1.82) is 0 Å². The third-order valence-corrected chi connectivity index (χ3v) is 3.18. The lowest BCUT2D eigenvalue weighted by molar-refractivity contribution is -0.385. The van der Waals surface area contributed by atoms with Crippen LogP contribution in [0.3, 0.4) is 0 Å². The number of nitro groups is 1. The van der Waals surface area contributed by atoms with Gasteiger partial charge in [0.1, 0.15) is 0 Å². The largest absolute Gasteiger partial charge is 0.331 e. The molecule has 23 heavy (non-hydrogen) atoms. The lowest BCUT2D eigenvalue weighted by atomic mass is 10.1. The van der Waals surface area contributed by atoms with Gasteiger partial charge in [-0.3, -0.25) is 25.8 Å². The van der Waals surface area contributed by atoms with Gasteiger partial charge in [0.15, 0.2) is 5.11 Å². The molecule has 2 aromatic rings. The van der Waals surface area contributed by atoms with Crippen LogP contribution in [-0.2, 0) is 0 Å². The minimum atomic E-state index is -0.492. The lowest BCUT2D eigenvalue weighted by Crippen LogP contribution is -2.43. The Hall–Kier alpha value is -3.00. The molecule has 0 heterocycles. The first-order valence-electron chi connectivity index (χ1n) is 6.65.